The molecule has 0 saturated carbocycles. The van der Waals surface area contributed by atoms with Crippen molar-refractivity contribution in [1.29, 1.82) is 0 Å². The molecule has 0 amide bonds. The van der Waals surface area contributed by atoms with Crippen LogP contribution < -0.4 is 0 Å². The summed E-state index contributed by atoms with van der Waals surface area (Å²) in [6, 6.07) is 0. The molecule has 0 atom stereocenters. The van der Waals surface area contributed by atoms with Gasteiger partial charge in [-0.3, -0.25) is 59.4 Å². The lowest BCUT2D eigenvalue weighted by molar-refractivity contribution is -0.840. The van der Waals surface area contributed by atoms with Gasteiger partial charge in [-0.05, 0) is 0 Å². The second-order valence-electron chi connectivity index (χ2n) is 5.35. The molecule has 0 heterocycles. The highest BCUT2D eigenvalue weighted by atomic mass is 19.4. The molecule has 0 saturated heterocycles. The van der Waals surface area contributed by atoms with Crippen LogP contribution in [-0.4, -0.2) is 76.5 Å². The monoisotopic (exact) mass is 516 g/mol. The van der Waals surface area contributed by atoms with Crippen LogP contribution in [0.4, 0.5) is 35.1 Å². The fraction of sp³-hybridized carbons (Fsp3) is 1.00. The van der Waals surface area contributed by atoms with E-state index in [-0.39, 0.29) is 0 Å². The van der Waals surface area contributed by atoms with Crippen LogP contribution in [0.25, 0.3) is 0 Å². The Balaban J connectivity index is 6.30. The van der Waals surface area contributed by atoms with Crippen LogP contribution in [0.1, 0.15) is 0 Å². The van der Waals surface area contributed by atoms with E-state index < -0.39 is 76.5 Å². The van der Waals surface area contributed by atoms with E-state index in [0.717, 1.165) is 0 Å². The number of rotatable bonds is 14. The molecule has 0 aromatic heterocycles. The summed E-state index contributed by atoms with van der Waals surface area (Å²) in [4.78, 5) is 32.4. The van der Waals surface area contributed by atoms with E-state index in [0.29, 0.717) is 0 Å². The Morgan fingerprint density at radius 3 is 0.879 bits per heavy atom. The summed E-state index contributed by atoms with van der Waals surface area (Å²) >= 11 is 0. The Morgan fingerprint density at radius 2 is 0.697 bits per heavy atom. The fourth-order valence-corrected chi connectivity index (χ4v) is 1.30. The maximum atomic E-state index is 13.8. The third-order valence-electron chi connectivity index (χ3n) is 2.81. The molecular weight excluding hydrogens is 508 g/mol. The van der Waals surface area contributed by atoms with E-state index in [2.05, 4.69) is 18.9 Å². The number of ether oxygens (including phenoxy) is 4. The maximum absolute atomic E-state index is 13.8. The van der Waals surface area contributed by atoms with Crippen molar-refractivity contribution in [3.05, 3.63) is 40.5 Å². The summed E-state index contributed by atoms with van der Waals surface area (Å²) in [5.74, 6) is -10.0. The number of hydrogen-bond acceptors (Lipinski definition) is 12. The first kappa shape index (κ1) is 29.9. The van der Waals surface area contributed by atoms with Crippen LogP contribution in [0, 0.1) is 40.5 Å². The zero-order chi connectivity index (χ0) is 26.5. The molecule has 0 fully saturated rings. The standard InChI is InChI=1S/C9H8F8N4O12/c10-5(11,12)1-30-9(31-2-6(13,14)15,32-3-7(16,18(22)23)19(24)25)33-4-8(17,20(26)27)21(28)29/h1-4H2. The lowest BCUT2D eigenvalue weighted by Crippen LogP contribution is -2.55. The first-order valence-corrected chi connectivity index (χ1v) is 7.25. The first-order chi connectivity index (χ1) is 14.6. The van der Waals surface area contributed by atoms with Gasteiger partial charge < -0.3 is 0 Å². The summed E-state index contributed by atoms with van der Waals surface area (Å²) in [7, 11) is 0. The van der Waals surface area contributed by atoms with Gasteiger partial charge in [-0.15, -0.1) is 0 Å². The lowest BCUT2D eigenvalue weighted by Gasteiger charge is -2.32. The van der Waals surface area contributed by atoms with Gasteiger partial charge in [0.25, 0.3) is 0 Å². The second kappa shape index (κ2) is 10.2. The lowest BCUT2D eigenvalue weighted by atomic mass is 10.5. The molecule has 0 spiro atoms. The Labute approximate surface area is 172 Å². The predicted molar refractivity (Wildman–Crippen MR) is 74.3 cm³/mol. The van der Waals surface area contributed by atoms with Gasteiger partial charge in [0.15, 0.2) is 13.2 Å². The molecule has 0 aromatic carbocycles. The smallest absolute Gasteiger partial charge is 0.294 e. The molecule has 0 radical (unpaired) electrons. The van der Waals surface area contributed by atoms with Crippen molar-refractivity contribution in [1.82, 2.24) is 0 Å². The number of nitro groups is 4. The fourth-order valence-electron chi connectivity index (χ4n) is 1.30. The minimum absolute atomic E-state index is 2.39. The molecule has 16 nitrogen and oxygen atoms in total. The number of nitrogens with zero attached hydrogens (tertiary/aromatic N) is 4. The quantitative estimate of drug-likeness (QED) is 0.105. The Kier molecular flexibility index (Phi) is 9.25. The van der Waals surface area contributed by atoms with Crippen molar-refractivity contribution >= 4 is 0 Å². The van der Waals surface area contributed by atoms with Crippen LogP contribution in [0.15, 0.2) is 0 Å². The Bertz CT molecular complexity index is 670. The summed E-state index contributed by atoms with van der Waals surface area (Å²) in [5.41, 5.74) is 0. The van der Waals surface area contributed by atoms with Crippen molar-refractivity contribution in [2.24, 2.45) is 0 Å². The van der Waals surface area contributed by atoms with Crippen molar-refractivity contribution in [2.45, 2.75) is 30.3 Å². The van der Waals surface area contributed by atoms with Gasteiger partial charge in [0.1, 0.15) is 19.7 Å². The second-order valence-corrected chi connectivity index (χ2v) is 5.35. The van der Waals surface area contributed by atoms with Crippen LogP contribution in [0.3, 0.4) is 0 Å². The normalized spacial score (nSPS) is 13.6. The average Bonchev–Trinajstić information content (AvgIpc) is 2.64. The van der Waals surface area contributed by atoms with Crippen molar-refractivity contribution in [3.8, 4) is 0 Å². The zero-order valence-corrected chi connectivity index (χ0v) is 15.0. The Hall–Kier alpha value is -3.12. The minimum Gasteiger partial charge on any atom is -0.294 e. The molecule has 24 heteroatoms. The van der Waals surface area contributed by atoms with Crippen LogP contribution >= 0.6 is 0 Å². The molecule has 0 rings (SSSR count). The van der Waals surface area contributed by atoms with Crippen LogP contribution in [0.5, 0.6) is 0 Å². The largest absolute Gasteiger partial charge is 0.638 e. The topological polar surface area (TPSA) is 209 Å². The molecule has 0 unspecified atom stereocenters. The Morgan fingerprint density at radius 1 is 0.485 bits per heavy atom. The molecule has 0 aliphatic carbocycles. The van der Waals surface area contributed by atoms with Gasteiger partial charge in [0.05, 0.1) is 0 Å². The van der Waals surface area contributed by atoms with Gasteiger partial charge in [0, 0.05) is 0 Å². The molecule has 0 aliphatic heterocycles. The van der Waals surface area contributed by atoms with Gasteiger partial charge in [-0.1, -0.05) is 8.78 Å². The molecule has 0 aromatic rings. The third-order valence-corrected chi connectivity index (χ3v) is 2.81. The number of hydrogen-bond donors (Lipinski definition) is 0. The minimum atomic E-state index is -5.56. The highest BCUT2D eigenvalue weighted by Crippen LogP contribution is 2.30. The summed E-state index contributed by atoms with van der Waals surface area (Å²) < 4.78 is 117. The van der Waals surface area contributed by atoms with Crippen molar-refractivity contribution < 1.29 is 73.8 Å². The van der Waals surface area contributed by atoms with Crippen molar-refractivity contribution in [3.63, 3.8) is 0 Å². The molecular formula is C9H8F8N4O12. The molecule has 192 valence electrons. The van der Waals surface area contributed by atoms with E-state index in [1.807, 2.05) is 0 Å². The van der Waals surface area contributed by atoms with E-state index in [9.17, 15) is 75.6 Å². The number of halogens is 8. The molecule has 0 bridgehead atoms. The summed E-state index contributed by atoms with van der Waals surface area (Å²) in [6.07, 6.45) is -15.8. The highest BCUT2D eigenvalue weighted by Gasteiger charge is 2.64. The highest BCUT2D eigenvalue weighted by molar-refractivity contribution is 4.60. The maximum Gasteiger partial charge on any atom is 0.638 e. The van der Waals surface area contributed by atoms with E-state index in [1.54, 1.807) is 0 Å². The van der Waals surface area contributed by atoms with Gasteiger partial charge in [0.2, 0.25) is 13.2 Å². The molecule has 33 heavy (non-hydrogen) atoms. The molecule has 0 N–H and O–H groups in total. The van der Waals surface area contributed by atoms with E-state index in [4.69, 9.17) is 0 Å². The molecule has 0 aliphatic rings. The average molecular weight is 516 g/mol. The number of alkyl halides is 8. The first-order valence-electron chi connectivity index (χ1n) is 7.25. The zero-order valence-electron chi connectivity index (χ0n) is 15.0. The van der Waals surface area contributed by atoms with Gasteiger partial charge in [-0.2, -0.15) is 26.3 Å². The van der Waals surface area contributed by atoms with Gasteiger partial charge >= 0.3 is 30.3 Å². The SMILES string of the molecule is O=[N+]([O-])C(F)(COC(OCC(F)(F)F)(OCC(F)(F)F)OCC(F)([N+](=O)[O-])[N+](=O)[O-])[N+](=O)[O-]. The van der Waals surface area contributed by atoms with E-state index in [1.165, 1.54) is 0 Å². The summed E-state index contributed by atoms with van der Waals surface area (Å²) in [6.45, 7) is -11.2. The van der Waals surface area contributed by atoms with Gasteiger partial charge in [-0.25, -0.2) is 0 Å². The van der Waals surface area contributed by atoms with Crippen LogP contribution in [0.2, 0.25) is 0 Å². The third kappa shape index (κ3) is 8.73. The van der Waals surface area contributed by atoms with E-state index >= 15 is 0 Å². The van der Waals surface area contributed by atoms with Crippen LogP contribution in [-0.2, 0) is 18.9 Å². The predicted octanol–water partition coefficient (Wildman–Crippen LogP) is 1.14. The van der Waals surface area contributed by atoms with Crippen molar-refractivity contribution in [2.75, 3.05) is 26.4 Å². The summed E-state index contributed by atoms with van der Waals surface area (Å²) in [5, 5.41) is 42.0.